The molecule has 24 heavy (non-hydrogen) atoms. The molecule has 0 bridgehead atoms. The van der Waals surface area contributed by atoms with E-state index in [-0.39, 0.29) is 0 Å². The van der Waals surface area contributed by atoms with Gasteiger partial charge in [-0.2, -0.15) is 0 Å². The van der Waals surface area contributed by atoms with Crippen LogP contribution < -0.4 is 4.74 Å². The van der Waals surface area contributed by atoms with E-state index in [2.05, 4.69) is 32.8 Å². The highest BCUT2D eigenvalue weighted by molar-refractivity contribution is 5.27. The molecule has 130 valence electrons. The van der Waals surface area contributed by atoms with Gasteiger partial charge in [0.1, 0.15) is 11.6 Å². The summed E-state index contributed by atoms with van der Waals surface area (Å²) in [5, 5.41) is 0. The Balaban J connectivity index is 1.62. The average Bonchev–Trinajstić information content (AvgIpc) is 3.09. The molecule has 0 aliphatic carbocycles. The summed E-state index contributed by atoms with van der Waals surface area (Å²) in [6.07, 6.45) is 6.41. The third kappa shape index (κ3) is 4.16. The van der Waals surface area contributed by atoms with E-state index in [9.17, 15) is 0 Å². The van der Waals surface area contributed by atoms with E-state index >= 15 is 0 Å². The molecule has 3 rings (SSSR count). The number of hydrogen-bond donors (Lipinski definition) is 0. The van der Waals surface area contributed by atoms with Crippen LogP contribution in [0.1, 0.15) is 30.1 Å². The van der Waals surface area contributed by atoms with Gasteiger partial charge >= 0.3 is 0 Å². The summed E-state index contributed by atoms with van der Waals surface area (Å²) < 4.78 is 12.7. The Bertz CT molecular complexity index is 624. The van der Waals surface area contributed by atoms with Crippen molar-refractivity contribution in [3.8, 4) is 5.75 Å². The third-order valence-electron chi connectivity index (χ3n) is 4.72. The number of nitrogens with zero attached hydrogens (tertiary/aromatic N) is 3. The molecule has 1 aliphatic rings. The minimum Gasteiger partial charge on any atom is -0.497 e. The number of rotatable bonds is 7. The Morgan fingerprint density at radius 1 is 1.21 bits per heavy atom. The molecule has 0 saturated carbocycles. The van der Waals surface area contributed by atoms with Gasteiger partial charge in [-0.1, -0.05) is 12.1 Å². The maximum atomic E-state index is 5.24. The summed E-state index contributed by atoms with van der Waals surface area (Å²) in [7, 11) is 3.45. The van der Waals surface area contributed by atoms with E-state index in [1.807, 2.05) is 18.3 Å². The molecule has 2 aromatic rings. The van der Waals surface area contributed by atoms with Crippen molar-refractivity contribution in [3.63, 3.8) is 0 Å². The molecule has 5 nitrogen and oxygen atoms in total. The Labute approximate surface area is 144 Å². The van der Waals surface area contributed by atoms with Crippen molar-refractivity contribution >= 4 is 0 Å². The van der Waals surface area contributed by atoms with Gasteiger partial charge in [-0.3, -0.25) is 4.90 Å². The number of benzene rings is 1. The molecule has 1 aliphatic heterocycles. The smallest absolute Gasteiger partial charge is 0.118 e. The molecule has 0 radical (unpaired) electrons. The van der Waals surface area contributed by atoms with Crippen molar-refractivity contribution in [2.24, 2.45) is 0 Å². The van der Waals surface area contributed by atoms with E-state index in [0.29, 0.717) is 5.92 Å². The Morgan fingerprint density at radius 3 is 2.79 bits per heavy atom. The molecule has 1 aromatic heterocycles. The van der Waals surface area contributed by atoms with Crippen molar-refractivity contribution in [1.82, 2.24) is 14.5 Å². The maximum absolute atomic E-state index is 5.24. The predicted octanol–water partition coefficient (Wildman–Crippen LogP) is 2.92. The number of hydrogen-bond acceptors (Lipinski definition) is 4. The van der Waals surface area contributed by atoms with Crippen molar-refractivity contribution in [1.29, 1.82) is 0 Å². The normalized spacial score (nSPS) is 18.7. The average molecular weight is 329 g/mol. The second-order valence-electron chi connectivity index (χ2n) is 6.39. The number of ether oxygens (including phenoxy) is 2. The fourth-order valence-corrected chi connectivity index (χ4v) is 3.46. The van der Waals surface area contributed by atoms with E-state index in [1.54, 1.807) is 14.2 Å². The van der Waals surface area contributed by atoms with Gasteiger partial charge in [0.2, 0.25) is 0 Å². The molecular formula is C19H27N3O2. The SMILES string of the molecule is COCCn1ccnc1[C@@H]1CCCN(Cc2ccc(OC)cc2)C1. The lowest BCUT2D eigenvalue weighted by molar-refractivity contribution is 0.177. The summed E-state index contributed by atoms with van der Waals surface area (Å²) in [5.41, 5.74) is 1.33. The van der Waals surface area contributed by atoms with Crippen LogP contribution in [0.15, 0.2) is 36.7 Å². The zero-order valence-electron chi connectivity index (χ0n) is 14.6. The molecule has 0 N–H and O–H groups in total. The van der Waals surface area contributed by atoms with Gasteiger partial charge in [-0.15, -0.1) is 0 Å². The van der Waals surface area contributed by atoms with Gasteiger partial charge in [0, 0.05) is 45.1 Å². The monoisotopic (exact) mass is 329 g/mol. The fraction of sp³-hybridized carbons (Fsp3) is 0.526. The number of methoxy groups -OCH3 is 2. The standard InChI is InChI=1S/C19H27N3O2/c1-23-13-12-22-11-9-20-19(22)17-4-3-10-21(15-17)14-16-5-7-18(24-2)8-6-16/h5-9,11,17H,3-4,10,12-15H2,1-2H3/t17-/m1/s1. The third-order valence-corrected chi connectivity index (χ3v) is 4.72. The summed E-state index contributed by atoms with van der Waals surface area (Å²) in [5.74, 6) is 2.62. The van der Waals surface area contributed by atoms with Crippen LogP contribution in [0.3, 0.4) is 0 Å². The molecule has 1 aromatic carbocycles. The van der Waals surface area contributed by atoms with Crippen LogP contribution in [0.4, 0.5) is 0 Å². The van der Waals surface area contributed by atoms with Crippen molar-refractivity contribution in [2.45, 2.75) is 31.8 Å². The molecule has 5 heteroatoms. The molecule has 1 fully saturated rings. The molecule has 1 saturated heterocycles. The van der Waals surface area contributed by atoms with E-state index in [0.717, 1.165) is 38.5 Å². The summed E-state index contributed by atoms with van der Waals surface area (Å²) in [4.78, 5) is 7.15. The van der Waals surface area contributed by atoms with Gasteiger partial charge < -0.3 is 14.0 Å². The second-order valence-corrected chi connectivity index (χ2v) is 6.39. The highest BCUT2D eigenvalue weighted by Gasteiger charge is 2.24. The Morgan fingerprint density at radius 2 is 2.04 bits per heavy atom. The van der Waals surface area contributed by atoms with Gasteiger partial charge in [0.25, 0.3) is 0 Å². The predicted molar refractivity (Wildman–Crippen MR) is 94.3 cm³/mol. The van der Waals surface area contributed by atoms with Gasteiger partial charge in [-0.05, 0) is 37.1 Å². The molecule has 2 heterocycles. The zero-order chi connectivity index (χ0) is 16.8. The largest absolute Gasteiger partial charge is 0.497 e. The Hall–Kier alpha value is -1.85. The van der Waals surface area contributed by atoms with E-state index in [4.69, 9.17) is 9.47 Å². The highest BCUT2D eigenvalue weighted by atomic mass is 16.5. The van der Waals surface area contributed by atoms with Gasteiger partial charge in [0.05, 0.1) is 13.7 Å². The number of likely N-dealkylation sites (tertiary alicyclic amines) is 1. The van der Waals surface area contributed by atoms with Crippen molar-refractivity contribution in [2.75, 3.05) is 33.9 Å². The fourth-order valence-electron chi connectivity index (χ4n) is 3.46. The first-order valence-corrected chi connectivity index (χ1v) is 8.65. The molecule has 0 amide bonds. The van der Waals surface area contributed by atoms with E-state index < -0.39 is 0 Å². The highest BCUT2D eigenvalue weighted by Crippen LogP contribution is 2.27. The first-order chi connectivity index (χ1) is 11.8. The van der Waals surface area contributed by atoms with Crippen LogP contribution in [-0.2, 0) is 17.8 Å². The number of piperidine rings is 1. The van der Waals surface area contributed by atoms with Crippen LogP contribution >= 0.6 is 0 Å². The van der Waals surface area contributed by atoms with Crippen molar-refractivity contribution < 1.29 is 9.47 Å². The summed E-state index contributed by atoms with van der Waals surface area (Å²) in [6.45, 7) is 4.81. The molecular weight excluding hydrogens is 302 g/mol. The summed E-state index contributed by atoms with van der Waals surface area (Å²) >= 11 is 0. The molecule has 1 atom stereocenters. The van der Waals surface area contributed by atoms with Crippen LogP contribution in [0, 0.1) is 0 Å². The minimum absolute atomic E-state index is 0.504. The van der Waals surface area contributed by atoms with Crippen LogP contribution in [0.5, 0.6) is 5.75 Å². The lowest BCUT2D eigenvalue weighted by Gasteiger charge is -2.32. The van der Waals surface area contributed by atoms with Gasteiger partial charge in [0.15, 0.2) is 0 Å². The maximum Gasteiger partial charge on any atom is 0.118 e. The second kappa shape index (κ2) is 8.31. The molecule has 0 unspecified atom stereocenters. The lowest BCUT2D eigenvalue weighted by Crippen LogP contribution is -2.35. The number of aromatic nitrogens is 2. The topological polar surface area (TPSA) is 39.5 Å². The van der Waals surface area contributed by atoms with Crippen molar-refractivity contribution in [3.05, 3.63) is 48.0 Å². The van der Waals surface area contributed by atoms with Crippen LogP contribution in [0.2, 0.25) is 0 Å². The molecule has 0 spiro atoms. The van der Waals surface area contributed by atoms with Crippen LogP contribution in [0.25, 0.3) is 0 Å². The summed E-state index contributed by atoms with van der Waals surface area (Å²) in [6, 6.07) is 8.38. The first-order valence-electron chi connectivity index (χ1n) is 8.65. The quantitative estimate of drug-likeness (QED) is 0.783. The van der Waals surface area contributed by atoms with Crippen LogP contribution in [-0.4, -0.2) is 48.4 Å². The van der Waals surface area contributed by atoms with Gasteiger partial charge in [-0.25, -0.2) is 4.98 Å². The minimum atomic E-state index is 0.504. The zero-order valence-corrected chi connectivity index (χ0v) is 14.6. The lowest BCUT2D eigenvalue weighted by atomic mass is 9.96. The first kappa shape index (κ1) is 17.0. The van der Waals surface area contributed by atoms with E-state index in [1.165, 1.54) is 24.2 Å². The number of imidazole rings is 1. The Kier molecular flexibility index (Phi) is 5.88.